The molecule has 0 aliphatic carbocycles. The monoisotopic (exact) mass is 270 g/mol. The molecule has 0 spiro atoms. The topological polar surface area (TPSA) is 25.8 Å². The molecular weight excluding hydrogens is 263 g/mol. The van der Waals surface area contributed by atoms with Gasteiger partial charge in [0, 0.05) is 10.0 Å². The number of hydrogen-bond acceptors (Lipinski definition) is 2. The summed E-state index contributed by atoms with van der Waals surface area (Å²) in [4.78, 5) is 7.71. The molecule has 0 bridgehead atoms. The summed E-state index contributed by atoms with van der Waals surface area (Å²) in [6.07, 6.45) is -0.233. The number of nitrogens with zero attached hydrogens (tertiary/aromatic N) is 2. The van der Waals surface area contributed by atoms with Crippen molar-refractivity contribution in [1.29, 1.82) is 0 Å². The maximum Gasteiger partial charge on any atom is 0.148 e. The second kappa shape index (κ2) is 4.07. The summed E-state index contributed by atoms with van der Waals surface area (Å²) in [5.74, 6) is 0. The lowest BCUT2D eigenvalue weighted by Gasteiger charge is -2.02. The van der Waals surface area contributed by atoms with Gasteiger partial charge in [0.2, 0.25) is 0 Å². The lowest BCUT2D eigenvalue weighted by molar-refractivity contribution is 1.20. The van der Waals surface area contributed by atoms with E-state index in [2.05, 4.69) is 25.9 Å². The summed E-state index contributed by atoms with van der Waals surface area (Å²) >= 11 is 9.10. The van der Waals surface area contributed by atoms with E-state index in [-0.39, 0.29) is 17.5 Å². The molecule has 1 aromatic heterocycles. The maximum atomic E-state index is 7.67. The van der Waals surface area contributed by atoms with E-state index in [0.717, 1.165) is 10.0 Å². The fraction of sp³-hybridized carbons (Fsp3) is 0. The van der Waals surface area contributed by atoms with Crippen molar-refractivity contribution < 1.29 is 2.74 Å². The van der Waals surface area contributed by atoms with Crippen LogP contribution in [0.2, 0.25) is 5.15 Å². The largest absolute Gasteiger partial charge is 0.259 e. The highest BCUT2D eigenvalue weighted by atomic mass is 79.9. The Kier molecular flexibility index (Phi) is 2.14. The van der Waals surface area contributed by atoms with Crippen LogP contribution in [0.25, 0.3) is 11.3 Å². The third kappa shape index (κ3) is 1.94. The number of aromatic nitrogens is 2. The van der Waals surface area contributed by atoms with E-state index in [1.54, 1.807) is 0 Å². The predicted octanol–water partition coefficient (Wildman–Crippen LogP) is 3.56. The first-order chi connectivity index (χ1) is 7.59. The molecule has 1 heterocycles. The minimum atomic E-state index is -0.178. The zero-order chi connectivity index (χ0) is 11.7. The van der Waals surface area contributed by atoms with E-state index in [1.165, 1.54) is 0 Å². The molecule has 0 N–H and O–H groups in total. The van der Waals surface area contributed by atoms with Crippen molar-refractivity contribution in [3.63, 3.8) is 0 Å². The van der Waals surface area contributed by atoms with Crippen molar-refractivity contribution in [1.82, 2.24) is 9.97 Å². The van der Waals surface area contributed by atoms with Crippen LogP contribution in [0.3, 0.4) is 0 Å². The van der Waals surface area contributed by atoms with Gasteiger partial charge < -0.3 is 0 Å². The Labute approximate surface area is 97.9 Å². The lowest BCUT2D eigenvalue weighted by Crippen LogP contribution is -1.86. The molecule has 2 nitrogen and oxygen atoms in total. The summed E-state index contributed by atoms with van der Waals surface area (Å²) in [6.45, 7) is 0. The van der Waals surface area contributed by atoms with Gasteiger partial charge in [-0.1, -0.05) is 45.7 Å². The first kappa shape index (κ1) is 7.37. The van der Waals surface area contributed by atoms with Gasteiger partial charge in [0.25, 0.3) is 0 Å². The second-order valence-corrected chi connectivity index (χ2v) is 3.78. The Balaban J connectivity index is 2.65. The molecule has 4 heteroatoms. The van der Waals surface area contributed by atoms with E-state index in [1.807, 2.05) is 24.3 Å². The predicted molar refractivity (Wildman–Crippen MR) is 60.2 cm³/mol. The van der Waals surface area contributed by atoms with Crippen molar-refractivity contribution >= 4 is 27.5 Å². The molecule has 0 aliphatic heterocycles. The average Bonchev–Trinajstić information content (AvgIpc) is 2.25. The maximum absolute atomic E-state index is 7.67. The van der Waals surface area contributed by atoms with Crippen molar-refractivity contribution in [2.75, 3.05) is 0 Å². The van der Waals surface area contributed by atoms with E-state index in [9.17, 15) is 0 Å². The molecule has 70 valence electrons. The molecule has 14 heavy (non-hydrogen) atoms. The Morgan fingerprint density at radius 1 is 1.29 bits per heavy atom. The van der Waals surface area contributed by atoms with Crippen LogP contribution in [0.5, 0.6) is 0 Å². The Morgan fingerprint density at radius 2 is 2.07 bits per heavy atom. The van der Waals surface area contributed by atoms with E-state index in [0.29, 0.717) is 5.69 Å². The molecule has 1 aromatic carbocycles. The van der Waals surface area contributed by atoms with Gasteiger partial charge in [-0.05, 0) is 6.07 Å². The highest BCUT2D eigenvalue weighted by Gasteiger charge is 2.03. The third-order valence-electron chi connectivity index (χ3n) is 1.65. The van der Waals surface area contributed by atoms with Gasteiger partial charge in [0.15, 0.2) is 0 Å². The van der Waals surface area contributed by atoms with Crippen LogP contribution in [0.4, 0.5) is 0 Å². The molecular formula is C10H6BrClN2. The third-order valence-corrected chi connectivity index (χ3v) is 2.51. The van der Waals surface area contributed by atoms with Crippen LogP contribution >= 0.6 is 27.5 Å². The van der Waals surface area contributed by atoms with Crippen molar-refractivity contribution in [2.24, 2.45) is 0 Å². The molecule has 0 aliphatic rings. The lowest BCUT2D eigenvalue weighted by atomic mass is 10.2. The van der Waals surface area contributed by atoms with E-state index >= 15 is 0 Å². The summed E-state index contributed by atoms with van der Waals surface area (Å²) in [6, 6.07) is 7.36. The Morgan fingerprint density at radius 3 is 2.86 bits per heavy atom. The van der Waals surface area contributed by atoms with Crippen LogP contribution in [-0.2, 0) is 0 Å². The Hall–Kier alpha value is -0.930. The highest BCUT2D eigenvalue weighted by Crippen LogP contribution is 2.26. The van der Waals surface area contributed by atoms with Crippen LogP contribution in [0.1, 0.15) is 2.74 Å². The van der Waals surface area contributed by atoms with Crippen molar-refractivity contribution in [3.05, 3.63) is 46.2 Å². The quantitative estimate of drug-likeness (QED) is 0.792. The summed E-state index contributed by atoms with van der Waals surface area (Å²) < 4.78 is 15.8. The van der Waals surface area contributed by atoms with Crippen LogP contribution < -0.4 is 0 Å². The first-order valence-corrected chi connectivity index (χ1v) is 5.02. The zero-order valence-corrected chi connectivity index (χ0v) is 9.30. The van der Waals surface area contributed by atoms with E-state index < -0.39 is 0 Å². The van der Waals surface area contributed by atoms with Crippen LogP contribution in [-0.4, -0.2) is 9.97 Å². The van der Waals surface area contributed by atoms with Gasteiger partial charge in [-0.15, -0.1) is 0 Å². The van der Waals surface area contributed by atoms with Gasteiger partial charge in [-0.25, -0.2) is 4.98 Å². The van der Waals surface area contributed by atoms with Gasteiger partial charge in [-0.3, -0.25) is 4.98 Å². The summed E-state index contributed by atoms with van der Waals surface area (Å²) in [7, 11) is 0. The standard InChI is InChI=1S/C10H6BrClN2/c11-8-4-2-1-3-7(8)9-5-13-6-10(12)14-9/h1-6H/i5D,6D. The number of halogens is 2. The SMILES string of the molecule is [2H]c1nc([2H])c(-c2ccccc2Br)nc1Cl. The molecule has 0 amide bonds. The van der Waals surface area contributed by atoms with Gasteiger partial charge in [0.05, 0.1) is 20.8 Å². The molecule has 2 aromatic rings. The molecule has 0 saturated carbocycles. The van der Waals surface area contributed by atoms with Crippen molar-refractivity contribution in [3.8, 4) is 11.3 Å². The highest BCUT2D eigenvalue weighted by molar-refractivity contribution is 9.10. The van der Waals surface area contributed by atoms with Gasteiger partial charge in [-0.2, -0.15) is 0 Å². The van der Waals surface area contributed by atoms with Gasteiger partial charge >= 0.3 is 0 Å². The summed E-state index contributed by atoms with van der Waals surface area (Å²) in [5.41, 5.74) is 1.11. The van der Waals surface area contributed by atoms with E-state index in [4.69, 9.17) is 14.3 Å². The van der Waals surface area contributed by atoms with Crippen LogP contribution in [0, 0.1) is 0 Å². The molecule has 0 fully saturated rings. The minimum Gasteiger partial charge on any atom is -0.259 e. The molecule has 0 saturated heterocycles. The fourth-order valence-electron chi connectivity index (χ4n) is 1.05. The van der Waals surface area contributed by atoms with Gasteiger partial charge in [0.1, 0.15) is 5.15 Å². The summed E-state index contributed by atoms with van der Waals surface area (Å²) in [5, 5.41) is 0.00162. The Bertz CT molecular complexity index is 548. The molecule has 0 radical (unpaired) electrons. The van der Waals surface area contributed by atoms with Crippen LogP contribution in [0.15, 0.2) is 41.1 Å². The fourth-order valence-corrected chi connectivity index (χ4v) is 1.65. The average molecular weight is 272 g/mol. The smallest absolute Gasteiger partial charge is 0.148 e. The number of hydrogen-bond donors (Lipinski definition) is 0. The second-order valence-electron chi connectivity index (χ2n) is 2.57. The molecule has 0 atom stereocenters. The minimum absolute atomic E-state index is 0.00162. The normalized spacial score (nSPS) is 12.1. The molecule has 0 unspecified atom stereocenters. The number of rotatable bonds is 1. The van der Waals surface area contributed by atoms with Crippen molar-refractivity contribution in [2.45, 2.75) is 0 Å². The zero-order valence-electron chi connectivity index (χ0n) is 8.96. The molecule has 2 rings (SSSR count). The first-order valence-electron chi connectivity index (χ1n) is 4.85. The number of benzene rings is 1.